The van der Waals surface area contributed by atoms with E-state index in [1.165, 1.54) is 5.56 Å². The van der Waals surface area contributed by atoms with Crippen molar-refractivity contribution in [2.75, 3.05) is 32.5 Å². The Labute approximate surface area is 167 Å². The summed E-state index contributed by atoms with van der Waals surface area (Å²) in [4.78, 5) is 14.9. The Morgan fingerprint density at radius 3 is 2.77 bits per heavy atom. The van der Waals surface area contributed by atoms with Gasteiger partial charge in [-0.1, -0.05) is 12.1 Å². The van der Waals surface area contributed by atoms with Crippen LogP contribution >= 0.6 is 24.8 Å². The highest BCUT2D eigenvalue weighted by molar-refractivity contribution is 5.93. The molecule has 6 nitrogen and oxygen atoms in total. The highest BCUT2D eigenvalue weighted by Crippen LogP contribution is 2.29. The van der Waals surface area contributed by atoms with Crippen molar-refractivity contribution < 1.29 is 4.79 Å². The molecule has 8 heteroatoms. The second-order valence-electron chi connectivity index (χ2n) is 6.75. The Morgan fingerprint density at radius 1 is 1.35 bits per heavy atom. The van der Waals surface area contributed by atoms with E-state index in [0.717, 1.165) is 24.3 Å². The van der Waals surface area contributed by atoms with Gasteiger partial charge in [-0.3, -0.25) is 9.48 Å². The number of halogens is 2. The number of anilines is 1. The topological polar surface area (TPSA) is 62.2 Å². The van der Waals surface area contributed by atoms with Crippen molar-refractivity contribution in [1.82, 2.24) is 20.0 Å². The van der Waals surface area contributed by atoms with Crippen molar-refractivity contribution in [2.45, 2.75) is 12.5 Å². The van der Waals surface area contributed by atoms with Crippen LogP contribution < -0.4 is 10.6 Å². The van der Waals surface area contributed by atoms with Crippen LogP contribution in [0, 0.1) is 5.92 Å². The monoisotopic (exact) mass is 399 g/mol. The summed E-state index contributed by atoms with van der Waals surface area (Å²) in [5.74, 6) is 0.159. The standard InChI is InChI=1S/C18H25N5O.2ClH/c1-22(2)11-13-5-4-6-15(7-13)21-18(24)17-10-19-9-16(17)14-8-20-23(3)12-14;;/h4-8,12,16-17,19H,9-11H2,1-3H3,(H,21,24);2*1H/t16-,17+;;/m1../s1. The van der Waals surface area contributed by atoms with Gasteiger partial charge in [-0.25, -0.2) is 0 Å². The Hall–Kier alpha value is -1.60. The first-order chi connectivity index (χ1) is 11.5. The van der Waals surface area contributed by atoms with Crippen LogP contribution in [0.5, 0.6) is 0 Å². The average molecular weight is 400 g/mol. The fourth-order valence-corrected chi connectivity index (χ4v) is 3.28. The molecule has 2 aromatic rings. The average Bonchev–Trinajstić information content (AvgIpc) is 3.15. The molecule has 2 heterocycles. The van der Waals surface area contributed by atoms with Crippen LogP contribution in [0.15, 0.2) is 36.7 Å². The number of carbonyl (C=O) groups is 1. The summed E-state index contributed by atoms with van der Waals surface area (Å²) in [5, 5.41) is 10.6. The van der Waals surface area contributed by atoms with E-state index in [2.05, 4.69) is 26.7 Å². The predicted octanol–water partition coefficient (Wildman–Crippen LogP) is 2.27. The van der Waals surface area contributed by atoms with Gasteiger partial charge in [-0.15, -0.1) is 24.8 Å². The van der Waals surface area contributed by atoms with Crippen LogP contribution in [-0.4, -0.2) is 47.8 Å². The lowest BCUT2D eigenvalue weighted by molar-refractivity contribution is -0.119. The fourth-order valence-electron chi connectivity index (χ4n) is 3.28. The van der Waals surface area contributed by atoms with E-state index in [1.807, 2.05) is 51.7 Å². The highest BCUT2D eigenvalue weighted by Gasteiger charge is 2.34. The van der Waals surface area contributed by atoms with Gasteiger partial charge >= 0.3 is 0 Å². The highest BCUT2D eigenvalue weighted by atomic mass is 35.5. The summed E-state index contributed by atoms with van der Waals surface area (Å²) in [7, 11) is 5.97. The molecular weight excluding hydrogens is 373 g/mol. The van der Waals surface area contributed by atoms with Crippen LogP contribution in [0.4, 0.5) is 5.69 Å². The van der Waals surface area contributed by atoms with Gasteiger partial charge in [0.15, 0.2) is 0 Å². The van der Waals surface area contributed by atoms with Crippen molar-refractivity contribution in [1.29, 1.82) is 0 Å². The Balaban J connectivity index is 0.00000169. The lowest BCUT2D eigenvalue weighted by Gasteiger charge is -2.17. The molecule has 2 N–H and O–H groups in total. The van der Waals surface area contributed by atoms with Crippen LogP contribution in [-0.2, 0) is 18.4 Å². The maximum atomic E-state index is 12.8. The SMILES string of the molecule is CN(C)Cc1cccc(NC(=O)[C@H]2CNC[C@@H]2c2cnn(C)c2)c1.Cl.Cl. The summed E-state index contributed by atoms with van der Waals surface area (Å²) < 4.78 is 1.79. The summed E-state index contributed by atoms with van der Waals surface area (Å²) in [6, 6.07) is 8.04. The van der Waals surface area contributed by atoms with Crippen LogP contribution in [0.2, 0.25) is 0 Å². The number of nitrogens with zero attached hydrogens (tertiary/aromatic N) is 3. The maximum Gasteiger partial charge on any atom is 0.229 e. The van der Waals surface area contributed by atoms with Gasteiger partial charge in [0.25, 0.3) is 0 Å². The minimum atomic E-state index is -0.0771. The Morgan fingerprint density at radius 2 is 2.12 bits per heavy atom. The molecule has 3 rings (SSSR count). The zero-order valence-corrected chi connectivity index (χ0v) is 16.9. The van der Waals surface area contributed by atoms with Crippen LogP contribution in [0.3, 0.4) is 0 Å². The van der Waals surface area contributed by atoms with E-state index >= 15 is 0 Å². The van der Waals surface area contributed by atoms with E-state index in [9.17, 15) is 4.79 Å². The molecule has 0 bridgehead atoms. The molecule has 1 saturated heterocycles. The lowest BCUT2D eigenvalue weighted by atomic mass is 9.90. The summed E-state index contributed by atoms with van der Waals surface area (Å²) in [5.41, 5.74) is 3.16. The first-order valence-electron chi connectivity index (χ1n) is 8.26. The van der Waals surface area contributed by atoms with Gasteiger partial charge in [0.1, 0.15) is 0 Å². The van der Waals surface area contributed by atoms with Crippen molar-refractivity contribution >= 4 is 36.4 Å². The van der Waals surface area contributed by atoms with E-state index in [0.29, 0.717) is 6.54 Å². The number of carbonyl (C=O) groups excluding carboxylic acids is 1. The van der Waals surface area contributed by atoms with E-state index in [1.54, 1.807) is 4.68 Å². The first-order valence-corrected chi connectivity index (χ1v) is 8.26. The molecule has 0 aliphatic carbocycles. The normalized spacial score (nSPS) is 18.9. The molecule has 1 aromatic carbocycles. The Bertz CT molecular complexity index is 719. The fraction of sp³-hybridized carbons (Fsp3) is 0.444. The minimum absolute atomic E-state index is 0. The zero-order valence-electron chi connectivity index (χ0n) is 15.3. The predicted molar refractivity (Wildman–Crippen MR) is 109 cm³/mol. The third-order valence-corrected chi connectivity index (χ3v) is 4.40. The summed E-state index contributed by atoms with van der Waals surface area (Å²) in [6.07, 6.45) is 3.85. The molecule has 0 spiro atoms. The van der Waals surface area contributed by atoms with E-state index < -0.39 is 0 Å². The molecule has 0 saturated carbocycles. The van der Waals surface area contributed by atoms with Gasteiger partial charge in [-0.2, -0.15) is 5.10 Å². The minimum Gasteiger partial charge on any atom is -0.326 e. The largest absolute Gasteiger partial charge is 0.326 e. The molecular formula is C18H27Cl2N5O. The third-order valence-electron chi connectivity index (χ3n) is 4.40. The second-order valence-corrected chi connectivity index (χ2v) is 6.75. The molecule has 1 fully saturated rings. The molecule has 1 aliphatic heterocycles. The van der Waals surface area contributed by atoms with E-state index in [4.69, 9.17) is 0 Å². The van der Waals surface area contributed by atoms with Gasteiger partial charge in [0.2, 0.25) is 5.91 Å². The second kappa shape index (κ2) is 9.92. The van der Waals surface area contributed by atoms with Crippen molar-refractivity contribution in [3.8, 4) is 0 Å². The van der Waals surface area contributed by atoms with Gasteiger partial charge in [-0.05, 0) is 37.4 Å². The third kappa shape index (κ3) is 5.45. The number of amides is 1. The number of hydrogen-bond acceptors (Lipinski definition) is 4. The van der Waals surface area contributed by atoms with Crippen molar-refractivity contribution in [2.24, 2.45) is 13.0 Å². The quantitative estimate of drug-likeness (QED) is 0.809. The number of benzene rings is 1. The Kier molecular flexibility index (Phi) is 8.56. The van der Waals surface area contributed by atoms with Crippen LogP contribution in [0.1, 0.15) is 17.0 Å². The molecule has 1 amide bonds. The van der Waals surface area contributed by atoms with Gasteiger partial charge in [0, 0.05) is 44.5 Å². The maximum absolute atomic E-state index is 12.8. The number of hydrogen-bond donors (Lipinski definition) is 2. The molecule has 144 valence electrons. The number of nitrogens with one attached hydrogen (secondary N) is 2. The number of aromatic nitrogens is 2. The molecule has 0 radical (unpaired) electrons. The number of rotatable bonds is 5. The molecule has 1 aliphatic rings. The van der Waals surface area contributed by atoms with Gasteiger partial charge < -0.3 is 15.5 Å². The summed E-state index contributed by atoms with van der Waals surface area (Å²) in [6.45, 7) is 2.36. The smallest absolute Gasteiger partial charge is 0.229 e. The van der Waals surface area contributed by atoms with E-state index in [-0.39, 0.29) is 42.6 Å². The van der Waals surface area contributed by atoms with Gasteiger partial charge in [0.05, 0.1) is 12.1 Å². The van der Waals surface area contributed by atoms with Crippen molar-refractivity contribution in [3.05, 3.63) is 47.8 Å². The van der Waals surface area contributed by atoms with Crippen LogP contribution in [0.25, 0.3) is 0 Å². The zero-order chi connectivity index (χ0) is 17.1. The molecule has 26 heavy (non-hydrogen) atoms. The lowest BCUT2D eigenvalue weighted by Crippen LogP contribution is -2.28. The molecule has 1 aromatic heterocycles. The number of aryl methyl sites for hydroxylation is 1. The molecule has 2 atom stereocenters. The summed E-state index contributed by atoms with van der Waals surface area (Å²) >= 11 is 0. The van der Waals surface area contributed by atoms with Crippen molar-refractivity contribution in [3.63, 3.8) is 0 Å². The first kappa shape index (κ1) is 22.4. The molecule has 0 unspecified atom stereocenters.